The molecule has 1 aliphatic heterocycles. The molecule has 2 N–H and O–H groups in total. The van der Waals surface area contributed by atoms with E-state index in [1.54, 1.807) is 0 Å². The van der Waals surface area contributed by atoms with E-state index in [1.807, 2.05) is 0 Å². The van der Waals surface area contributed by atoms with E-state index in [9.17, 15) is 4.79 Å². The molecule has 1 fully saturated rings. The summed E-state index contributed by atoms with van der Waals surface area (Å²) < 4.78 is 4.71. The van der Waals surface area contributed by atoms with Gasteiger partial charge in [0.15, 0.2) is 0 Å². The van der Waals surface area contributed by atoms with E-state index in [2.05, 4.69) is 25.7 Å². The van der Waals surface area contributed by atoms with Crippen LogP contribution < -0.4 is 0 Å². The van der Waals surface area contributed by atoms with Crippen LogP contribution in [0.15, 0.2) is 0 Å². The number of hydroxylamine groups is 2. The lowest BCUT2D eigenvalue weighted by Crippen LogP contribution is -2.22. The van der Waals surface area contributed by atoms with Crippen LogP contribution in [0.5, 0.6) is 0 Å². The van der Waals surface area contributed by atoms with Crippen molar-refractivity contribution in [2.75, 3.05) is 18.1 Å². The second-order valence-corrected chi connectivity index (χ2v) is 9.17. The van der Waals surface area contributed by atoms with Gasteiger partial charge in [0.2, 0.25) is 0 Å². The van der Waals surface area contributed by atoms with Gasteiger partial charge in [-0.05, 0) is 29.9 Å². The first-order valence-corrected chi connectivity index (χ1v) is 9.99. The fraction of sp³-hybridized carbons (Fsp3) is 0.889. The highest BCUT2D eigenvalue weighted by Crippen LogP contribution is 2.44. The number of thiol groups is 1. The molecule has 1 aliphatic rings. The van der Waals surface area contributed by atoms with Crippen molar-refractivity contribution in [3.05, 3.63) is 0 Å². The van der Waals surface area contributed by atoms with Gasteiger partial charge in [-0.1, -0.05) is 20.3 Å². The van der Waals surface area contributed by atoms with Gasteiger partial charge in [0.05, 0.1) is 6.54 Å². The molecule has 1 saturated heterocycles. The van der Waals surface area contributed by atoms with E-state index < -0.39 is 17.6 Å². The van der Waals surface area contributed by atoms with Crippen molar-refractivity contribution < 1.29 is 19.2 Å². The van der Waals surface area contributed by atoms with Gasteiger partial charge in [0.1, 0.15) is 0 Å². The molecule has 0 aromatic rings. The normalized spacial score (nSPS) is 25.3. The Morgan fingerprint density at radius 2 is 2.29 bits per heavy atom. The summed E-state index contributed by atoms with van der Waals surface area (Å²) in [6.45, 7) is 0.956. The molecule has 0 bridgehead atoms. The minimum Gasteiger partial charge on any atom is -0.323 e. The van der Waals surface area contributed by atoms with E-state index in [0.29, 0.717) is 12.5 Å². The maximum atomic E-state index is 11.9. The predicted molar refractivity (Wildman–Crippen MR) is 74.7 cm³/mol. The maximum absolute atomic E-state index is 11.9. The molecule has 0 aromatic heterocycles. The van der Waals surface area contributed by atoms with Gasteiger partial charge in [-0.3, -0.25) is 4.79 Å². The van der Waals surface area contributed by atoms with Gasteiger partial charge < -0.3 is 9.79 Å². The summed E-state index contributed by atoms with van der Waals surface area (Å²) >= 11 is 4.35. The van der Waals surface area contributed by atoms with Crippen LogP contribution in [0.3, 0.4) is 0 Å². The third-order valence-electron chi connectivity index (χ3n) is 2.85. The van der Waals surface area contributed by atoms with E-state index in [-0.39, 0.29) is 5.24 Å². The summed E-state index contributed by atoms with van der Waals surface area (Å²) in [4.78, 5) is 29.9. The molecule has 1 amide bonds. The van der Waals surface area contributed by atoms with E-state index >= 15 is 0 Å². The average molecular weight is 301 g/mol. The molecule has 2 unspecified atom stereocenters. The molecular weight excluding hydrogens is 281 g/mol. The SMILES string of the molecule is CCC(C)CC[SH]1CCN(OP(O)(O)=S)C1=O. The van der Waals surface area contributed by atoms with E-state index in [1.165, 1.54) is 0 Å². The third kappa shape index (κ3) is 5.24. The Labute approximate surface area is 110 Å². The largest absolute Gasteiger partial charge is 0.344 e. The Morgan fingerprint density at radius 1 is 1.65 bits per heavy atom. The molecule has 8 heteroatoms. The molecule has 17 heavy (non-hydrogen) atoms. The number of hydrogen-bond donors (Lipinski definition) is 3. The zero-order chi connectivity index (χ0) is 13.1. The van der Waals surface area contributed by atoms with Crippen LogP contribution in [0, 0.1) is 5.92 Å². The Morgan fingerprint density at radius 3 is 2.82 bits per heavy atom. The Hall–Kier alpha value is 0.350. The summed E-state index contributed by atoms with van der Waals surface area (Å²) in [5.74, 6) is 2.28. The Bertz CT molecular complexity index is 322. The average Bonchev–Trinajstić information content (AvgIpc) is 2.55. The Balaban J connectivity index is 2.42. The zero-order valence-corrected chi connectivity index (χ0v) is 12.7. The van der Waals surface area contributed by atoms with Crippen molar-refractivity contribution in [3.63, 3.8) is 0 Å². The molecule has 5 nitrogen and oxygen atoms in total. The first-order chi connectivity index (χ1) is 7.83. The van der Waals surface area contributed by atoms with Crippen molar-refractivity contribution in [3.8, 4) is 0 Å². The summed E-state index contributed by atoms with van der Waals surface area (Å²) in [7, 11) is -0.726. The minimum atomic E-state index is -3.77. The first-order valence-electron chi connectivity index (χ1n) is 5.65. The summed E-state index contributed by atoms with van der Waals surface area (Å²) in [6, 6.07) is 0. The monoisotopic (exact) mass is 301 g/mol. The van der Waals surface area contributed by atoms with Gasteiger partial charge in [-0.2, -0.15) is 15.5 Å². The summed E-state index contributed by atoms with van der Waals surface area (Å²) in [6.07, 6.45) is 2.15. The van der Waals surface area contributed by atoms with Crippen LogP contribution in [0.25, 0.3) is 0 Å². The number of nitrogens with zero attached hydrogens (tertiary/aromatic N) is 1. The van der Waals surface area contributed by atoms with Crippen LogP contribution in [0.4, 0.5) is 4.79 Å². The number of amides is 1. The van der Waals surface area contributed by atoms with Gasteiger partial charge in [0, 0.05) is 5.75 Å². The van der Waals surface area contributed by atoms with Gasteiger partial charge in [0.25, 0.3) is 5.24 Å². The highest BCUT2D eigenvalue weighted by molar-refractivity contribution is 8.30. The fourth-order valence-electron chi connectivity index (χ4n) is 1.55. The molecule has 2 atom stereocenters. The second-order valence-electron chi connectivity index (χ2n) is 4.25. The maximum Gasteiger partial charge on any atom is 0.344 e. The van der Waals surface area contributed by atoms with Crippen LogP contribution in [-0.2, 0) is 16.4 Å². The van der Waals surface area contributed by atoms with Crippen molar-refractivity contribution in [2.24, 2.45) is 5.92 Å². The van der Waals surface area contributed by atoms with Gasteiger partial charge in [-0.25, -0.2) is 5.06 Å². The smallest absolute Gasteiger partial charge is 0.323 e. The Kier molecular flexibility index (Phi) is 5.89. The molecular formula is C9H20NO4PS2. The highest BCUT2D eigenvalue weighted by Gasteiger charge is 2.32. The van der Waals surface area contributed by atoms with Crippen molar-refractivity contribution in [2.45, 2.75) is 26.7 Å². The first kappa shape index (κ1) is 15.4. The third-order valence-corrected chi connectivity index (χ3v) is 5.76. The molecule has 1 heterocycles. The van der Waals surface area contributed by atoms with Gasteiger partial charge >= 0.3 is 6.72 Å². The summed E-state index contributed by atoms with van der Waals surface area (Å²) in [5, 5.41) is 0.934. The van der Waals surface area contributed by atoms with Crippen LogP contribution in [0.1, 0.15) is 26.7 Å². The predicted octanol–water partition coefficient (Wildman–Crippen LogP) is 2.00. The second kappa shape index (κ2) is 6.50. The zero-order valence-electron chi connectivity index (χ0n) is 10.1. The highest BCUT2D eigenvalue weighted by atomic mass is 32.5. The minimum absolute atomic E-state index is 0.111. The number of rotatable bonds is 6. The molecule has 0 radical (unpaired) electrons. The molecule has 0 aliphatic carbocycles. The summed E-state index contributed by atoms with van der Waals surface area (Å²) in [5.41, 5.74) is 0. The molecule has 102 valence electrons. The lowest BCUT2D eigenvalue weighted by molar-refractivity contribution is -0.00389. The molecule has 0 saturated carbocycles. The van der Waals surface area contributed by atoms with Crippen LogP contribution >= 0.6 is 17.6 Å². The quantitative estimate of drug-likeness (QED) is 0.517. The number of carbonyl (C=O) groups excluding carboxylic acids is 1. The lowest BCUT2D eigenvalue weighted by atomic mass is 10.1. The van der Waals surface area contributed by atoms with E-state index in [0.717, 1.165) is 29.4 Å². The standard InChI is InChI=1S/C9H20NO4PS2/c1-3-8(2)4-6-17-7-5-10(9(17)11)14-15(12,13)16/h8,17H,3-7H2,1-2H3,(H2,12,13,16). The molecule has 1 rings (SSSR count). The van der Waals surface area contributed by atoms with Crippen molar-refractivity contribution >= 4 is 34.7 Å². The number of hydrogen-bond acceptors (Lipinski definition) is 3. The molecule has 0 aromatic carbocycles. The van der Waals surface area contributed by atoms with Crippen LogP contribution in [0.2, 0.25) is 0 Å². The lowest BCUT2D eigenvalue weighted by Gasteiger charge is -2.19. The topological polar surface area (TPSA) is 70.0 Å². The van der Waals surface area contributed by atoms with Crippen molar-refractivity contribution in [1.82, 2.24) is 5.06 Å². The van der Waals surface area contributed by atoms with Crippen molar-refractivity contribution in [1.29, 1.82) is 0 Å². The van der Waals surface area contributed by atoms with Gasteiger partial charge in [-0.15, -0.1) is 0 Å². The fourth-order valence-corrected chi connectivity index (χ4v) is 4.51. The number of carbonyl (C=O) groups is 1. The van der Waals surface area contributed by atoms with Crippen LogP contribution in [-0.4, -0.2) is 38.1 Å². The van der Waals surface area contributed by atoms with E-state index in [4.69, 9.17) is 14.4 Å². The molecule has 0 spiro atoms.